The van der Waals surface area contributed by atoms with Crippen molar-refractivity contribution in [2.45, 2.75) is 39.5 Å². The Labute approximate surface area is 173 Å². The first-order chi connectivity index (χ1) is 14.1. The van der Waals surface area contributed by atoms with Gasteiger partial charge in [-0.15, -0.1) is 0 Å². The molecule has 0 aromatic heterocycles. The number of rotatable bonds is 4. The van der Waals surface area contributed by atoms with Crippen molar-refractivity contribution in [3.8, 4) is 23.7 Å². The highest BCUT2D eigenvalue weighted by atomic mass is 19.1. The normalized spacial score (nSPS) is 9.90. The molecule has 1 heteroatoms. The van der Waals surface area contributed by atoms with Crippen LogP contribution < -0.4 is 0 Å². The maximum absolute atomic E-state index is 13.6. The van der Waals surface area contributed by atoms with Crippen molar-refractivity contribution in [1.82, 2.24) is 0 Å². The molecule has 0 atom stereocenters. The lowest BCUT2D eigenvalue weighted by molar-refractivity contribution is 0.618. The van der Waals surface area contributed by atoms with Crippen LogP contribution in [0.1, 0.15) is 59.6 Å². The van der Waals surface area contributed by atoms with Crippen LogP contribution >= 0.6 is 0 Å². The second kappa shape index (κ2) is 10.3. The summed E-state index contributed by atoms with van der Waals surface area (Å²) in [6.07, 6.45) is 4.91. The number of hydrogen-bond acceptors (Lipinski definition) is 0. The van der Waals surface area contributed by atoms with Crippen LogP contribution in [0.2, 0.25) is 0 Å². The molecule has 0 unspecified atom stereocenters. The molecule has 0 aliphatic rings. The molecule has 3 aromatic carbocycles. The molecule has 0 saturated carbocycles. The number of unbranched alkanes of at least 4 members (excludes halogenated alkanes) is 2. The van der Waals surface area contributed by atoms with Crippen LogP contribution in [0.15, 0.2) is 66.7 Å². The van der Waals surface area contributed by atoms with Crippen LogP contribution in [0.25, 0.3) is 0 Å². The minimum absolute atomic E-state index is 0.226. The first-order valence-electron chi connectivity index (χ1n) is 10.1. The van der Waals surface area contributed by atoms with Gasteiger partial charge in [0.15, 0.2) is 0 Å². The van der Waals surface area contributed by atoms with Gasteiger partial charge in [-0.2, -0.15) is 0 Å². The lowest BCUT2D eigenvalue weighted by Crippen LogP contribution is -1.85. The molecule has 29 heavy (non-hydrogen) atoms. The van der Waals surface area contributed by atoms with Gasteiger partial charge < -0.3 is 0 Å². The molecule has 3 aromatic rings. The molecule has 0 aliphatic carbocycles. The molecule has 3 rings (SSSR count). The second-order valence-corrected chi connectivity index (χ2v) is 7.20. The number of aryl methyl sites for hydroxylation is 2. The smallest absolute Gasteiger partial charge is 0.127 e. The van der Waals surface area contributed by atoms with Gasteiger partial charge >= 0.3 is 0 Å². The van der Waals surface area contributed by atoms with E-state index in [4.69, 9.17) is 0 Å². The predicted octanol–water partition coefficient (Wildman–Crippen LogP) is 6.67. The quantitative estimate of drug-likeness (QED) is 0.350. The zero-order chi connectivity index (χ0) is 20.5. The van der Waals surface area contributed by atoms with Gasteiger partial charge in [0.2, 0.25) is 0 Å². The lowest BCUT2D eigenvalue weighted by atomic mass is 10.1. The summed E-state index contributed by atoms with van der Waals surface area (Å²) in [5.74, 6) is 12.3. The molecule has 0 aliphatic heterocycles. The largest absolute Gasteiger partial charge is 0.207 e. The summed E-state index contributed by atoms with van der Waals surface area (Å²) in [7, 11) is 0. The van der Waals surface area contributed by atoms with Gasteiger partial charge in [0.25, 0.3) is 0 Å². The molecular weight excluding hydrogens is 355 g/mol. The second-order valence-electron chi connectivity index (χ2n) is 7.20. The van der Waals surface area contributed by atoms with E-state index in [9.17, 15) is 4.39 Å². The van der Waals surface area contributed by atoms with Gasteiger partial charge in [0.1, 0.15) is 5.82 Å². The SMILES string of the molecule is CCCCCc1ccc(C#Cc2ccc(C#Cc3ccc(C)c(F)c3)cc2)cc1. The van der Waals surface area contributed by atoms with Crippen molar-refractivity contribution in [3.63, 3.8) is 0 Å². The van der Waals surface area contributed by atoms with Gasteiger partial charge in [-0.05, 0) is 79.4 Å². The summed E-state index contributed by atoms with van der Waals surface area (Å²) in [4.78, 5) is 0. The summed E-state index contributed by atoms with van der Waals surface area (Å²) in [5.41, 5.74) is 5.53. The Morgan fingerprint density at radius 1 is 0.655 bits per heavy atom. The van der Waals surface area contributed by atoms with Crippen LogP contribution in [0.3, 0.4) is 0 Å². The van der Waals surface area contributed by atoms with E-state index in [-0.39, 0.29) is 5.82 Å². The Balaban J connectivity index is 1.63. The molecule has 0 nitrogen and oxygen atoms in total. The standard InChI is InChI=1S/C28H25F/c1-3-4-5-6-23-9-11-24(12-10-23)13-14-25-15-17-26(18-16-25)19-20-27-8-7-22(2)28(29)21-27/h7-12,15-18,21H,3-6H2,1-2H3. The molecule has 0 saturated heterocycles. The van der Waals surface area contributed by atoms with E-state index in [1.807, 2.05) is 30.3 Å². The van der Waals surface area contributed by atoms with Crippen molar-refractivity contribution >= 4 is 0 Å². The van der Waals surface area contributed by atoms with Crippen LogP contribution in [0.5, 0.6) is 0 Å². The third kappa shape index (κ3) is 6.38. The van der Waals surface area contributed by atoms with Gasteiger partial charge in [-0.3, -0.25) is 0 Å². The Kier molecular flexibility index (Phi) is 7.27. The highest BCUT2D eigenvalue weighted by molar-refractivity contribution is 5.48. The van der Waals surface area contributed by atoms with E-state index in [1.165, 1.54) is 30.9 Å². The molecule has 0 radical (unpaired) electrons. The molecule has 0 spiro atoms. The molecular formula is C28H25F. The fourth-order valence-corrected chi connectivity index (χ4v) is 2.93. The first-order valence-corrected chi connectivity index (χ1v) is 10.1. The monoisotopic (exact) mass is 380 g/mol. The van der Waals surface area contributed by atoms with E-state index in [0.717, 1.165) is 23.1 Å². The Hall–Kier alpha value is -3.29. The Morgan fingerprint density at radius 2 is 1.14 bits per heavy atom. The van der Waals surface area contributed by atoms with Crippen molar-refractivity contribution < 1.29 is 4.39 Å². The minimum Gasteiger partial charge on any atom is -0.207 e. The van der Waals surface area contributed by atoms with Crippen LogP contribution in [0.4, 0.5) is 4.39 Å². The maximum Gasteiger partial charge on any atom is 0.127 e. The van der Waals surface area contributed by atoms with E-state index >= 15 is 0 Å². The van der Waals surface area contributed by atoms with Gasteiger partial charge in [-0.1, -0.05) is 61.6 Å². The van der Waals surface area contributed by atoms with Gasteiger partial charge in [-0.25, -0.2) is 4.39 Å². The lowest BCUT2D eigenvalue weighted by Gasteiger charge is -2.00. The molecule has 0 amide bonds. The van der Waals surface area contributed by atoms with E-state index < -0.39 is 0 Å². The van der Waals surface area contributed by atoms with E-state index in [0.29, 0.717) is 11.1 Å². The highest BCUT2D eigenvalue weighted by Crippen LogP contribution is 2.10. The third-order valence-electron chi connectivity index (χ3n) is 4.78. The summed E-state index contributed by atoms with van der Waals surface area (Å²) in [6.45, 7) is 3.97. The Bertz CT molecular complexity index is 1070. The van der Waals surface area contributed by atoms with Crippen LogP contribution in [-0.4, -0.2) is 0 Å². The summed E-state index contributed by atoms with van der Waals surface area (Å²) in [6, 6.07) is 21.4. The maximum atomic E-state index is 13.6. The summed E-state index contributed by atoms with van der Waals surface area (Å²) in [5, 5.41) is 0. The third-order valence-corrected chi connectivity index (χ3v) is 4.78. The topological polar surface area (TPSA) is 0 Å². The highest BCUT2D eigenvalue weighted by Gasteiger charge is 1.97. The number of hydrogen-bond donors (Lipinski definition) is 0. The zero-order valence-corrected chi connectivity index (χ0v) is 17.1. The minimum atomic E-state index is -0.226. The van der Waals surface area contributed by atoms with Gasteiger partial charge in [0, 0.05) is 22.3 Å². The molecule has 0 fully saturated rings. The average molecular weight is 381 g/mol. The molecule has 0 N–H and O–H groups in total. The fraction of sp³-hybridized carbons (Fsp3) is 0.214. The zero-order valence-electron chi connectivity index (χ0n) is 17.1. The van der Waals surface area contributed by atoms with Crippen LogP contribution in [0, 0.1) is 36.4 Å². The van der Waals surface area contributed by atoms with Crippen molar-refractivity contribution in [3.05, 3.63) is 106 Å². The van der Waals surface area contributed by atoms with Crippen LogP contribution in [-0.2, 0) is 6.42 Å². The van der Waals surface area contributed by atoms with Crippen molar-refractivity contribution in [2.24, 2.45) is 0 Å². The number of halogens is 1. The van der Waals surface area contributed by atoms with Crippen molar-refractivity contribution in [1.29, 1.82) is 0 Å². The van der Waals surface area contributed by atoms with E-state index in [1.54, 1.807) is 13.0 Å². The molecule has 0 bridgehead atoms. The first kappa shape index (κ1) is 20.4. The fourth-order valence-electron chi connectivity index (χ4n) is 2.93. The summed E-state index contributed by atoms with van der Waals surface area (Å²) >= 11 is 0. The van der Waals surface area contributed by atoms with E-state index in [2.05, 4.69) is 54.9 Å². The summed E-state index contributed by atoms with van der Waals surface area (Å²) < 4.78 is 13.6. The Morgan fingerprint density at radius 3 is 1.66 bits per heavy atom. The molecule has 0 heterocycles. The van der Waals surface area contributed by atoms with Crippen molar-refractivity contribution in [2.75, 3.05) is 0 Å². The van der Waals surface area contributed by atoms with Gasteiger partial charge in [0.05, 0.1) is 0 Å². The average Bonchev–Trinajstić information content (AvgIpc) is 2.75. The molecule has 144 valence electrons. The number of benzene rings is 3. The predicted molar refractivity (Wildman–Crippen MR) is 119 cm³/mol.